The monoisotopic (exact) mass is 307 g/mol. The van der Waals surface area contributed by atoms with Crippen LogP contribution in [-0.2, 0) is 4.74 Å². The van der Waals surface area contributed by atoms with Crippen LogP contribution in [0.4, 0.5) is 0 Å². The minimum atomic E-state index is 0.373. The third-order valence-corrected chi connectivity index (χ3v) is 4.28. The van der Waals surface area contributed by atoms with Crippen LogP contribution >= 0.6 is 12.2 Å². The molecule has 1 fully saturated rings. The molecule has 1 aliphatic carbocycles. The third-order valence-electron chi connectivity index (χ3n) is 4.06. The Balaban J connectivity index is 1.69. The molecule has 1 aliphatic rings. The minimum absolute atomic E-state index is 0.373. The molecule has 2 N–H and O–H groups in total. The van der Waals surface area contributed by atoms with E-state index in [4.69, 9.17) is 27.4 Å². The quantitative estimate of drug-likeness (QED) is 0.616. The summed E-state index contributed by atoms with van der Waals surface area (Å²) in [6, 6.07) is 7.63. The molecule has 2 rings (SSSR count). The Morgan fingerprint density at radius 3 is 2.76 bits per heavy atom. The van der Waals surface area contributed by atoms with Crippen LogP contribution in [-0.4, -0.2) is 24.3 Å². The first-order valence-corrected chi connectivity index (χ1v) is 8.22. The van der Waals surface area contributed by atoms with E-state index in [2.05, 4.69) is 6.92 Å². The first kappa shape index (κ1) is 16.2. The zero-order valence-electron chi connectivity index (χ0n) is 12.7. The highest BCUT2D eigenvalue weighted by Gasteiger charge is 2.21. The van der Waals surface area contributed by atoms with Crippen molar-refractivity contribution >= 4 is 17.2 Å². The lowest BCUT2D eigenvalue weighted by Gasteiger charge is -2.28. The molecule has 0 radical (unpaired) electrons. The maximum atomic E-state index is 5.98. The van der Waals surface area contributed by atoms with Crippen LogP contribution in [0.25, 0.3) is 0 Å². The second-order valence-electron chi connectivity index (χ2n) is 5.73. The molecule has 21 heavy (non-hydrogen) atoms. The maximum Gasteiger partial charge on any atom is 0.129 e. The van der Waals surface area contributed by atoms with Crippen LogP contribution in [0.3, 0.4) is 0 Å². The number of thiocarbonyl (C=S) groups is 1. The molecule has 3 nitrogen and oxygen atoms in total. The molecule has 0 saturated heterocycles. The summed E-state index contributed by atoms with van der Waals surface area (Å²) in [5.41, 5.74) is 6.48. The van der Waals surface area contributed by atoms with Gasteiger partial charge >= 0.3 is 0 Å². The second kappa shape index (κ2) is 8.35. The molecule has 4 heteroatoms. The van der Waals surface area contributed by atoms with Crippen molar-refractivity contribution in [2.45, 2.75) is 45.1 Å². The summed E-state index contributed by atoms with van der Waals surface area (Å²) in [6.07, 6.45) is 6.46. The fraction of sp³-hybridized carbons (Fsp3) is 0.588. The topological polar surface area (TPSA) is 44.5 Å². The van der Waals surface area contributed by atoms with Gasteiger partial charge in [-0.15, -0.1) is 0 Å². The number of para-hydroxylation sites is 1. The Morgan fingerprint density at radius 2 is 2.00 bits per heavy atom. The summed E-state index contributed by atoms with van der Waals surface area (Å²) in [7, 11) is 0. The van der Waals surface area contributed by atoms with Gasteiger partial charge in [0.05, 0.1) is 24.9 Å². The lowest BCUT2D eigenvalue weighted by molar-refractivity contribution is -0.00913. The number of benzene rings is 1. The van der Waals surface area contributed by atoms with Gasteiger partial charge in [-0.2, -0.15) is 0 Å². The van der Waals surface area contributed by atoms with Crippen molar-refractivity contribution < 1.29 is 9.47 Å². The van der Waals surface area contributed by atoms with Crippen LogP contribution in [0.15, 0.2) is 24.3 Å². The van der Waals surface area contributed by atoms with E-state index in [0.717, 1.165) is 24.3 Å². The molecule has 116 valence electrons. The van der Waals surface area contributed by atoms with Gasteiger partial charge in [0, 0.05) is 6.42 Å². The van der Waals surface area contributed by atoms with Gasteiger partial charge in [-0.3, -0.25) is 0 Å². The van der Waals surface area contributed by atoms with Crippen molar-refractivity contribution in [2.24, 2.45) is 11.7 Å². The number of hydrogen-bond donors (Lipinski definition) is 1. The van der Waals surface area contributed by atoms with Crippen LogP contribution in [0.5, 0.6) is 5.75 Å². The standard InChI is InChI=1S/C17H25NO2S/c1-13-7-2-4-9-15(13)19-11-6-12-20-16-10-5-3-8-14(16)17(18)21/h3,5,8,10,13,15H,2,4,6-7,9,11-12H2,1H3,(H2,18,21). The summed E-state index contributed by atoms with van der Waals surface area (Å²) in [6.45, 7) is 3.67. The van der Waals surface area contributed by atoms with Crippen LogP contribution < -0.4 is 10.5 Å². The SMILES string of the molecule is CC1CCCCC1OCCCOc1ccccc1C(N)=S. The van der Waals surface area contributed by atoms with E-state index >= 15 is 0 Å². The summed E-state index contributed by atoms with van der Waals surface area (Å²) in [5, 5.41) is 0. The molecule has 0 aromatic heterocycles. The molecular weight excluding hydrogens is 282 g/mol. The molecule has 1 aromatic carbocycles. The van der Waals surface area contributed by atoms with Gasteiger partial charge in [0.15, 0.2) is 0 Å². The van der Waals surface area contributed by atoms with Gasteiger partial charge in [-0.05, 0) is 30.9 Å². The van der Waals surface area contributed by atoms with Gasteiger partial charge in [0.1, 0.15) is 10.7 Å². The van der Waals surface area contributed by atoms with Crippen molar-refractivity contribution in [1.82, 2.24) is 0 Å². The Hall–Kier alpha value is -1.13. The summed E-state index contributed by atoms with van der Waals surface area (Å²) < 4.78 is 11.7. The van der Waals surface area contributed by atoms with Crippen molar-refractivity contribution in [3.05, 3.63) is 29.8 Å². The Labute approximate surface area is 132 Å². The normalized spacial score (nSPS) is 22.0. The Bertz CT molecular complexity index is 464. The average molecular weight is 307 g/mol. The van der Waals surface area contributed by atoms with Crippen molar-refractivity contribution in [2.75, 3.05) is 13.2 Å². The molecule has 2 atom stereocenters. The van der Waals surface area contributed by atoms with Gasteiger partial charge in [0.25, 0.3) is 0 Å². The lowest BCUT2D eigenvalue weighted by Crippen LogP contribution is -2.26. The largest absolute Gasteiger partial charge is 0.493 e. The molecule has 0 heterocycles. The predicted molar refractivity (Wildman–Crippen MR) is 89.8 cm³/mol. The molecule has 2 unspecified atom stereocenters. The van der Waals surface area contributed by atoms with E-state index in [0.29, 0.717) is 23.6 Å². The summed E-state index contributed by atoms with van der Waals surface area (Å²) >= 11 is 5.02. The Morgan fingerprint density at radius 1 is 1.24 bits per heavy atom. The number of nitrogens with two attached hydrogens (primary N) is 1. The second-order valence-corrected chi connectivity index (χ2v) is 6.17. The van der Waals surface area contributed by atoms with E-state index in [1.165, 1.54) is 25.7 Å². The Kier molecular flexibility index (Phi) is 6.46. The number of ether oxygens (including phenoxy) is 2. The van der Waals surface area contributed by atoms with Crippen molar-refractivity contribution in [1.29, 1.82) is 0 Å². The first-order chi connectivity index (χ1) is 10.2. The van der Waals surface area contributed by atoms with Crippen LogP contribution in [0.2, 0.25) is 0 Å². The van der Waals surface area contributed by atoms with Gasteiger partial charge < -0.3 is 15.2 Å². The third kappa shape index (κ3) is 4.97. The minimum Gasteiger partial charge on any atom is -0.493 e. The lowest BCUT2D eigenvalue weighted by atomic mass is 9.88. The highest BCUT2D eigenvalue weighted by Crippen LogP contribution is 2.26. The molecule has 0 amide bonds. The van der Waals surface area contributed by atoms with E-state index in [1.807, 2.05) is 24.3 Å². The molecule has 0 aliphatic heterocycles. The fourth-order valence-corrected chi connectivity index (χ4v) is 2.97. The summed E-state index contributed by atoms with van der Waals surface area (Å²) in [5.74, 6) is 1.45. The molecule has 1 saturated carbocycles. The highest BCUT2D eigenvalue weighted by molar-refractivity contribution is 7.80. The van der Waals surface area contributed by atoms with Gasteiger partial charge in [-0.1, -0.05) is 44.1 Å². The van der Waals surface area contributed by atoms with Gasteiger partial charge in [-0.25, -0.2) is 0 Å². The number of rotatable bonds is 7. The molecule has 0 bridgehead atoms. The molecule has 0 spiro atoms. The maximum absolute atomic E-state index is 5.98. The van der Waals surface area contributed by atoms with Crippen molar-refractivity contribution in [3.63, 3.8) is 0 Å². The summed E-state index contributed by atoms with van der Waals surface area (Å²) in [4.78, 5) is 0.373. The zero-order chi connectivity index (χ0) is 15.1. The predicted octanol–water partition coefficient (Wildman–Crippen LogP) is 3.69. The van der Waals surface area contributed by atoms with Gasteiger partial charge in [0.2, 0.25) is 0 Å². The van der Waals surface area contributed by atoms with E-state index < -0.39 is 0 Å². The highest BCUT2D eigenvalue weighted by atomic mass is 32.1. The van der Waals surface area contributed by atoms with Crippen LogP contribution in [0.1, 0.15) is 44.6 Å². The zero-order valence-corrected chi connectivity index (χ0v) is 13.5. The first-order valence-electron chi connectivity index (χ1n) is 7.81. The fourth-order valence-electron chi connectivity index (χ4n) is 2.80. The molecule has 1 aromatic rings. The van der Waals surface area contributed by atoms with E-state index in [1.54, 1.807) is 0 Å². The molecular formula is C17H25NO2S. The van der Waals surface area contributed by atoms with Crippen LogP contribution in [0, 0.1) is 5.92 Å². The van der Waals surface area contributed by atoms with E-state index in [-0.39, 0.29) is 0 Å². The van der Waals surface area contributed by atoms with Crippen molar-refractivity contribution in [3.8, 4) is 5.75 Å². The van der Waals surface area contributed by atoms with E-state index in [9.17, 15) is 0 Å². The smallest absolute Gasteiger partial charge is 0.129 e. The number of hydrogen-bond acceptors (Lipinski definition) is 3. The average Bonchev–Trinajstić information content (AvgIpc) is 2.49.